The highest BCUT2D eigenvalue weighted by molar-refractivity contribution is 7.92. The standard InChI is InChI=1S/C22H19ClN4O5S2/c1-2-11-24-14-5-8-16-17(12-14)25-22(30)27(21(16)29)15-6-3-13(4-7-15)20(28)26-34(31,32)19-10-9-18(23)33-19/h3-10,12,24H,2,11H2,1H3,(H,25,30)(H,26,28). The van der Waals surface area contributed by atoms with Gasteiger partial charge in [0.2, 0.25) is 0 Å². The molecule has 9 nitrogen and oxygen atoms in total. The van der Waals surface area contributed by atoms with Crippen molar-refractivity contribution in [3.05, 3.63) is 85.3 Å². The van der Waals surface area contributed by atoms with E-state index in [4.69, 9.17) is 11.6 Å². The molecule has 0 saturated heterocycles. The number of hydrogen-bond donors (Lipinski definition) is 3. The molecule has 1 amide bonds. The number of benzene rings is 2. The van der Waals surface area contributed by atoms with Crippen LogP contribution in [0.5, 0.6) is 0 Å². The van der Waals surface area contributed by atoms with Crippen LogP contribution in [0.3, 0.4) is 0 Å². The van der Waals surface area contributed by atoms with Gasteiger partial charge in [0.15, 0.2) is 0 Å². The minimum Gasteiger partial charge on any atom is -0.385 e. The number of hydrogen-bond acceptors (Lipinski definition) is 7. The van der Waals surface area contributed by atoms with Crippen LogP contribution in [0.4, 0.5) is 5.69 Å². The second-order valence-corrected chi connectivity index (χ2v) is 10.9. The molecule has 4 rings (SSSR count). The molecule has 0 aliphatic rings. The number of H-pyrrole nitrogens is 1. The molecule has 0 radical (unpaired) electrons. The quantitative estimate of drug-likeness (QED) is 0.344. The van der Waals surface area contributed by atoms with E-state index in [1.165, 1.54) is 36.4 Å². The first kappa shape index (κ1) is 23.7. The molecule has 0 bridgehead atoms. The van der Waals surface area contributed by atoms with Crippen LogP contribution in [-0.4, -0.2) is 30.4 Å². The van der Waals surface area contributed by atoms with Crippen molar-refractivity contribution >= 4 is 55.5 Å². The largest absolute Gasteiger partial charge is 0.385 e. The van der Waals surface area contributed by atoms with Gasteiger partial charge < -0.3 is 10.3 Å². The molecule has 176 valence electrons. The van der Waals surface area contributed by atoms with E-state index in [2.05, 4.69) is 10.3 Å². The SMILES string of the molecule is CCCNc1ccc2c(=O)n(-c3ccc(C(=O)NS(=O)(=O)c4ccc(Cl)s4)cc3)c(=O)[nH]c2c1. The number of amides is 1. The van der Waals surface area contributed by atoms with E-state index >= 15 is 0 Å². The second-order valence-electron chi connectivity index (χ2n) is 7.30. The molecule has 2 aromatic heterocycles. The third-order valence-electron chi connectivity index (χ3n) is 4.91. The van der Waals surface area contributed by atoms with E-state index in [9.17, 15) is 22.8 Å². The number of nitrogens with zero attached hydrogens (tertiary/aromatic N) is 1. The molecule has 3 N–H and O–H groups in total. The highest BCUT2D eigenvalue weighted by Crippen LogP contribution is 2.25. The Hall–Kier alpha value is -3.41. The number of aromatic amines is 1. The van der Waals surface area contributed by atoms with Gasteiger partial charge in [0.25, 0.3) is 21.5 Å². The van der Waals surface area contributed by atoms with Crippen LogP contribution < -0.4 is 21.3 Å². The van der Waals surface area contributed by atoms with Crippen LogP contribution in [0, 0.1) is 0 Å². The lowest BCUT2D eigenvalue weighted by atomic mass is 10.2. The van der Waals surface area contributed by atoms with Gasteiger partial charge in [0.05, 0.1) is 20.9 Å². The fourth-order valence-electron chi connectivity index (χ4n) is 3.27. The second kappa shape index (κ2) is 9.45. The maximum absolute atomic E-state index is 13.0. The lowest BCUT2D eigenvalue weighted by molar-refractivity contribution is 0.0981. The fourth-order valence-corrected chi connectivity index (χ4v) is 5.72. The van der Waals surface area contributed by atoms with E-state index < -0.39 is 27.2 Å². The zero-order valence-corrected chi connectivity index (χ0v) is 20.2. The first-order chi connectivity index (χ1) is 16.2. The van der Waals surface area contributed by atoms with Crippen molar-refractivity contribution in [2.45, 2.75) is 17.6 Å². The third-order valence-corrected chi connectivity index (χ3v) is 7.96. The van der Waals surface area contributed by atoms with Gasteiger partial charge in [-0.05, 0) is 61.0 Å². The van der Waals surface area contributed by atoms with Gasteiger partial charge in [-0.1, -0.05) is 18.5 Å². The number of aromatic nitrogens is 2. The molecular weight excluding hydrogens is 500 g/mol. The highest BCUT2D eigenvalue weighted by Gasteiger charge is 2.21. The molecule has 0 aliphatic heterocycles. The molecule has 0 aliphatic carbocycles. The number of anilines is 1. The Morgan fingerprint density at radius 1 is 1.09 bits per heavy atom. The minimum atomic E-state index is -4.08. The first-order valence-electron chi connectivity index (χ1n) is 10.2. The van der Waals surface area contributed by atoms with Crippen LogP contribution >= 0.6 is 22.9 Å². The molecule has 0 fully saturated rings. The summed E-state index contributed by atoms with van der Waals surface area (Å²) < 4.78 is 27.8. The predicted molar refractivity (Wildman–Crippen MR) is 133 cm³/mol. The average Bonchev–Trinajstić information content (AvgIpc) is 3.25. The monoisotopic (exact) mass is 518 g/mol. The summed E-state index contributed by atoms with van der Waals surface area (Å²) in [5.74, 6) is -0.858. The van der Waals surface area contributed by atoms with Gasteiger partial charge in [0.1, 0.15) is 4.21 Å². The molecular formula is C22H19ClN4O5S2. The predicted octanol–water partition coefficient (Wildman–Crippen LogP) is 3.33. The van der Waals surface area contributed by atoms with Gasteiger partial charge in [-0.2, -0.15) is 0 Å². The van der Waals surface area contributed by atoms with Crippen LogP contribution in [0.2, 0.25) is 4.34 Å². The topological polar surface area (TPSA) is 130 Å². The van der Waals surface area contributed by atoms with Crippen molar-refractivity contribution in [3.8, 4) is 5.69 Å². The van der Waals surface area contributed by atoms with Crippen LogP contribution in [0.25, 0.3) is 16.6 Å². The summed E-state index contributed by atoms with van der Waals surface area (Å²) >= 11 is 6.59. The summed E-state index contributed by atoms with van der Waals surface area (Å²) in [5, 5.41) is 3.52. The third kappa shape index (κ3) is 4.76. The summed E-state index contributed by atoms with van der Waals surface area (Å²) in [7, 11) is -4.08. The summed E-state index contributed by atoms with van der Waals surface area (Å²) in [6.07, 6.45) is 0.929. The fraction of sp³-hybridized carbons (Fsp3) is 0.136. The Labute approximate surface area is 203 Å². The van der Waals surface area contributed by atoms with E-state index in [-0.39, 0.29) is 19.8 Å². The van der Waals surface area contributed by atoms with Crippen LogP contribution in [0.1, 0.15) is 23.7 Å². The van der Waals surface area contributed by atoms with Crippen molar-refractivity contribution in [3.63, 3.8) is 0 Å². The van der Waals surface area contributed by atoms with Crippen LogP contribution in [0.15, 0.2) is 68.4 Å². The maximum Gasteiger partial charge on any atom is 0.333 e. The number of carbonyl (C=O) groups excluding carboxylic acids is 1. The number of rotatable bonds is 7. The van der Waals surface area contributed by atoms with Crippen molar-refractivity contribution in [1.82, 2.24) is 14.3 Å². The number of sulfonamides is 1. The first-order valence-corrected chi connectivity index (χ1v) is 12.8. The van der Waals surface area contributed by atoms with E-state index in [1.54, 1.807) is 18.2 Å². The number of nitrogens with one attached hydrogen (secondary N) is 3. The van der Waals surface area contributed by atoms with Crippen molar-refractivity contribution in [1.29, 1.82) is 0 Å². The van der Waals surface area contributed by atoms with E-state index in [0.29, 0.717) is 10.9 Å². The van der Waals surface area contributed by atoms with Gasteiger partial charge in [-0.3, -0.25) is 9.59 Å². The zero-order chi connectivity index (χ0) is 24.5. The number of thiophene rings is 1. The molecule has 0 saturated carbocycles. The minimum absolute atomic E-state index is 0.0342. The molecule has 2 heterocycles. The smallest absolute Gasteiger partial charge is 0.333 e. The molecule has 34 heavy (non-hydrogen) atoms. The molecule has 4 aromatic rings. The summed E-state index contributed by atoms with van der Waals surface area (Å²) in [5.41, 5.74) is 0.298. The van der Waals surface area contributed by atoms with Crippen molar-refractivity contribution in [2.24, 2.45) is 0 Å². The zero-order valence-electron chi connectivity index (χ0n) is 17.8. The summed E-state index contributed by atoms with van der Waals surface area (Å²) in [4.78, 5) is 40.8. The van der Waals surface area contributed by atoms with E-state index in [0.717, 1.165) is 34.6 Å². The number of fused-ring (bicyclic) bond motifs is 1. The Morgan fingerprint density at radius 3 is 2.47 bits per heavy atom. The Balaban J connectivity index is 1.62. The summed E-state index contributed by atoms with van der Waals surface area (Å²) in [6.45, 7) is 2.79. The molecule has 12 heteroatoms. The highest BCUT2D eigenvalue weighted by atomic mass is 35.5. The van der Waals surface area contributed by atoms with Gasteiger partial charge in [-0.15, -0.1) is 11.3 Å². The molecule has 2 aromatic carbocycles. The normalized spacial score (nSPS) is 11.5. The van der Waals surface area contributed by atoms with Gasteiger partial charge in [0, 0.05) is 17.8 Å². The average molecular weight is 519 g/mol. The van der Waals surface area contributed by atoms with Gasteiger partial charge >= 0.3 is 5.69 Å². The van der Waals surface area contributed by atoms with Gasteiger partial charge in [-0.25, -0.2) is 22.5 Å². The van der Waals surface area contributed by atoms with Crippen LogP contribution in [-0.2, 0) is 10.0 Å². The van der Waals surface area contributed by atoms with E-state index in [1.807, 2.05) is 11.6 Å². The van der Waals surface area contributed by atoms with Crippen molar-refractivity contribution < 1.29 is 13.2 Å². The lowest BCUT2D eigenvalue weighted by Crippen LogP contribution is -2.33. The maximum atomic E-state index is 13.0. The molecule has 0 unspecified atom stereocenters. The Kier molecular flexibility index (Phi) is 6.60. The lowest BCUT2D eigenvalue weighted by Gasteiger charge is -2.10. The van der Waals surface area contributed by atoms with Crippen molar-refractivity contribution in [2.75, 3.05) is 11.9 Å². The Bertz CT molecular complexity index is 1610. The summed E-state index contributed by atoms with van der Waals surface area (Å²) in [6, 6.07) is 13.3. The number of carbonyl (C=O) groups is 1. The Morgan fingerprint density at radius 2 is 1.82 bits per heavy atom. The molecule has 0 spiro atoms. The number of halogens is 1. The molecule has 0 atom stereocenters.